The highest BCUT2D eigenvalue weighted by Gasteiger charge is 1.97. The van der Waals surface area contributed by atoms with Crippen LogP contribution in [0.25, 0.3) is 0 Å². The first kappa shape index (κ1) is 9.56. The number of ether oxygens (including phenoxy) is 1. The number of hydrogen-bond acceptors (Lipinski definition) is 3. The second-order valence-corrected chi connectivity index (χ2v) is 2.84. The number of hydrogen-bond donors (Lipinski definition) is 0. The van der Waals surface area contributed by atoms with E-state index >= 15 is 0 Å². The molecule has 0 atom stereocenters. The SMILES string of the molecule is C=CCSCCC(=O)OC. The molecule has 0 spiro atoms. The largest absolute Gasteiger partial charge is 0.469 e. The van der Waals surface area contributed by atoms with E-state index in [0.717, 1.165) is 11.5 Å². The van der Waals surface area contributed by atoms with E-state index in [1.165, 1.54) is 7.11 Å². The summed E-state index contributed by atoms with van der Waals surface area (Å²) in [6.07, 6.45) is 2.32. The van der Waals surface area contributed by atoms with E-state index in [4.69, 9.17) is 0 Å². The Morgan fingerprint density at radius 2 is 2.50 bits per heavy atom. The second-order valence-electron chi connectivity index (χ2n) is 1.69. The predicted octanol–water partition coefficient (Wildman–Crippen LogP) is 1.47. The Morgan fingerprint density at radius 3 is 3.00 bits per heavy atom. The summed E-state index contributed by atoms with van der Waals surface area (Å²) in [5, 5.41) is 0. The number of thioether (sulfide) groups is 1. The van der Waals surface area contributed by atoms with Crippen molar-refractivity contribution in [1.82, 2.24) is 0 Å². The number of methoxy groups -OCH3 is 1. The summed E-state index contributed by atoms with van der Waals surface area (Å²) in [5.41, 5.74) is 0. The molecule has 0 heterocycles. The Morgan fingerprint density at radius 1 is 1.80 bits per heavy atom. The molecule has 0 saturated carbocycles. The van der Waals surface area contributed by atoms with E-state index in [-0.39, 0.29) is 5.97 Å². The summed E-state index contributed by atoms with van der Waals surface area (Å²) in [6, 6.07) is 0. The maximum absolute atomic E-state index is 10.5. The lowest BCUT2D eigenvalue weighted by Crippen LogP contribution is -2.00. The molecule has 0 aliphatic carbocycles. The predicted molar refractivity (Wildman–Crippen MR) is 44.2 cm³/mol. The molecule has 0 aromatic carbocycles. The molecule has 10 heavy (non-hydrogen) atoms. The van der Waals surface area contributed by atoms with Gasteiger partial charge in [0.25, 0.3) is 0 Å². The van der Waals surface area contributed by atoms with E-state index in [0.29, 0.717) is 6.42 Å². The second kappa shape index (κ2) is 6.68. The van der Waals surface area contributed by atoms with Gasteiger partial charge < -0.3 is 4.74 Å². The van der Waals surface area contributed by atoms with E-state index in [1.54, 1.807) is 11.8 Å². The fraction of sp³-hybridized carbons (Fsp3) is 0.571. The van der Waals surface area contributed by atoms with Crippen LogP contribution in [0.2, 0.25) is 0 Å². The maximum atomic E-state index is 10.5. The third kappa shape index (κ3) is 5.69. The fourth-order valence-corrected chi connectivity index (χ4v) is 1.07. The van der Waals surface area contributed by atoms with Crippen molar-refractivity contribution in [2.24, 2.45) is 0 Å². The zero-order valence-corrected chi connectivity index (χ0v) is 6.95. The standard InChI is InChI=1S/C7H12O2S/c1-3-5-10-6-4-7(8)9-2/h3H,1,4-6H2,2H3. The Kier molecular flexibility index (Phi) is 6.38. The van der Waals surface area contributed by atoms with Gasteiger partial charge in [-0.25, -0.2) is 0 Å². The van der Waals surface area contributed by atoms with Crippen LogP contribution in [-0.4, -0.2) is 24.6 Å². The molecule has 58 valence electrons. The van der Waals surface area contributed by atoms with E-state index < -0.39 is 0 Å². The van der Waals surface area contributed by atoms with Crippen molar-refractivity contribution < 1.29 is 9.53 Å². The molecule has 0 aromatic heterocycles. The third-order valence-electron chi connectivity index (χ3n) is 0.914. The van der Waals surface area contributed by atoms with Crippen LogP contribution < -0.4 is 0 Å². The monoisotopic (exact) mass is 160 g/mol. The number of rotatable bonds is 5. The highest BCUT2D eigenvalue weighted by molar-refractivity contribution is 7.99. The topological polar surface area (TPSA) is 26.3 Å². The first-order valence-corrected chi connectivity index (χ1v) is 4.22. The molecule has 0 saturated heterocycles. The Labute approximate surface area is 65.6 Å². The zero-order valence-electron chi connectivity index (χ0n) is 6.13. The van der Waals surface area contributed by atoms with Crippen molar-refractivity contribution in [3.8, 4) is 0 Å². The number of carbonyl (C=O) groups excluding carboxylic acids is 1. The molecule has 3 heteroatoms. The van der Waals surface area contributed by atoms with Gasteiger partial charge in [0.2, 0.25) is 0 Å². The van der Waals surface area contributed by atoms with Crippen molar-refractivity contribution in [2.75, 3.05) is 18.6 Å². The number of esters is 1. The smallest absolute Gasteiger partial charge is 0.306 e. The summed E-state index contributed by atoms with van der Waals surface area (Å²) >= 11 is 1.68. The average Bonchev–Trinajstić information content (AvgIpc) is 1.98. The van der Waals surface area contributed by atoms with Crippen LogP contribution in [-0.2, 0) is 9.53 Å². The van der Waals surface area contributed by atoms with Crippen molar-refractivity contribution in [1.29, 1.82) is 0 Å². The van der Waals surface area contributed by atoms with Crippen LogP contribution in [0.5, 0.6) is 0 Å². The van der Waals surface area contributed by atoms with E-state index in [1.807, 2.05) is 6.08 Å². The Hall–Kier alpha value is -0.440. The molecule has 0 radical (unpaired) electrons. The quantitative estimate of drug-likeness (QED) is 0.346. The van der Waals surface area contributed by atoms with Crippen LogP contribution in [0, 0.1) is 0 Å². The van der Waals surface area contributed by atoms with Gasteiger partial charge in [-0.1, -0.05) is 6.08 Å². The summed E-state index contributed by atoms with van der Waals surface area (Å²) < 4.78 is 4.45. The average molecular weight is 160 g/mol. The van der Waals surface area contributed by atoms with Crippen molar-refractivity contribution in [3.63, 3.8) is 0 Å². The van der Waals surface area contributed by atoms with Crippen molar-refractivity contribution in [3.05, 3.63) is 12.7 Å². The summed E-state index contributed by atoms with van der Waals surface area (Å²) in [4.78, 5) is 10.5. The van der Waals surface area contributed by atoms with Crippen LogP contribution >= 0.6 is 11.8 Å². The lowest BCUT2D eigenvalue weighted by atomic mass is 10.5. The van der Waals surface area contributed by atoms with Gasteiger partial charge in [-0.15, -0.1) is 6.58 Å². The molecule has 0 fully saturated rings. The van der Waals surface area contributed by atoms with Crippen LogP contribution in [0.1, 0.15) is 6.42 Å². The van der Waals surface area contributed by atoms with Crippen LogP contribution in [0.3, 0.4) is 0 Å². The first-order valence-electron chi connectivity index (χ1n) is 3.06. The molecule has 0 aliphatic heterocycles. The van der Waals surface area contributed by atoms with Gasteiger partial charge in [0.15, 0.2) is 0 Å². The van der Waals surface area contributed by atoms with E-state index in [2.05, 4.69) is 11.3 Å². The van der Waals surface area contributed by atoms with Crippen molar-refractivity contribution in [2.45, 2.75) is 6.42 Å². The van der Waals surface area contributed by atoms with Gasteiger partial charge in [-0.3, -0.25) is 4.79 Å². The molecule has 0 amide bonds. The fourth-order valence-electron chi connectivity index (χ4n) is 0.424. The third-order valence-corrected chi connectivity index (χ3v) is 1.88. The lowest BCUT2D eigenvalue weighted by Gasteiger charge is -1.96. The normalized spacial score (nSPS) is 8.90. The molecule has 0 bridgehead atoms. The van der Waals surface area contributed by atoms with Gasteiger partial charge in [0.05, 0.1) is 13.5 Å². The van der Waals surface area contributed by atoms with Gasteiger partial charge in [-0.2, -0.15) is 11.8 Å². The summed E-state index contributed by atoms with van der Waals surface area (Å²) in [5.74, 6) is 1.58. The summed E-state index contributed by atoms with van der Waals surface area (Å²) in [7, 11) is 1.40. The van der Waals surface area contributed by atoms with Crippen molar-refractivity contribution >= 4 is 17.7 Å². The highest BCUT2D eigenvalue weighted by atomic mass is 32.2. The Balaban J connectivity index is 3.03. The minimum absolute atomic E-state index is 0.142. The molecule has 0 N–H and O–H groups in total. The first-order chi connectivity index (χ1) is 4.81. The van der Waals surface area contributed by atoms with Gasteiger partial charge in [0.1, 0.15) is 0 Å². The van der Waals surface area contributed by atoms with Gasteiger partial charge >= 0.3 is 5.97 Å². The number of carbonyl (C=O) groups is 1. The van der Waals surface area contributed by atoms with Gasteiger partial charge in [0, 0.05) is 11.5 Å². The van der Waals surface area contributed by atoms with Gasteiger partial charge in [-0.05, 0) is 0 Å². The molecule has 0 rings (SSSR count). The molecule has 0 aromatic rings. The Bertz CT molecular complexity index is 112. The summed E-state index contributed by atoms with van der Waals surface area (Å²) in [6.45, 7) is 3.56. The zero-order chi connectivity index (χ0) is 7.82. The molecule has 0 aliphatic rings. The van der Waals surface area contributed by atoms with Crippen LogP contribution in [0.4, 0.5) is 0 Å². The molecular formula is C7H12O2S. The van der Waals surface area contributed by atoms with Crippen LogP contribution in [0.15, 0.2) is 12.7 Å². The maximum Gasteiger partial charge on any atom is 0.306 e. The minimum Gasteiger partial charge on any atom is -0.469 e. The highest BCUT2D eigenvalue weighted by Crippen LogP contribution is 2.02. The molecular weight excluding hydrogens is 148 g/mol. The molecule has 2 nitrogen and oxygen atoms in total. The lowest BCUT2D eigenvalue weighted by molar-refractivity contribution is -0.140. The molecule has 0 unspecified atom stereocenters. The minimum atomic E-state index is -0.142. The van der Waals surface area contributed by atoms with E-state index in [9.17, 15) is 4.79 Å².